The largest absolute Gasteiger partial charge is 0.449 e. The van der Waals surface area contributed by atoms with E-state index in [1.54, 1.807) is 0 Å². The predicted octanol–water partition coefficient (Wildman–Crippen LogP) is 3.25. The molecule has 4 rings (SSSR count). The van der Waals surface area contributed by atoms with E-state index < -0.39 is 28.0 Å². The van der Waals surface area contributed by atoms with Crippen LogP contribution < -0.4 is 10.5 Å². The number of rotatable bonds is 5. The first-order chi connectivity index (χ1) is 15.6. The number of nitrogens with zero attached hydrogens (tertiary/aromatic N) is 1. The second kappa shape index (κ2) is 8.92. The summed E-state index contributed by atoms with van der Waals surface area (Å²) in [4.78, 5) is 30.6. The van der Waals surface area contributed by atoms with Crippen LogP contribution in [0.2, 0.25) is 0 Å². The molecule has 1 atom stereocenters. The molecule has 0 saturated carbocycles. The third-order valence-corrected chi connectivity index (χ3v) is 6.65. The number of carbonyl (C=O) groups is 2. The van der Waals surface area contributed by atoms with Gasteiger partial charge in [0.15, 0.2) is 6.10 Å². The topological polar surface area (TPSA) is 128 Å². The monoisotopic (exact) mass is 467 g/mol. The Morgan fingerprint density at radius 1 is 1.09 bits per heavy atom. The lowest BCUT2D eigenvalue weighted by atomic mass is 9.89. The van der Waals surface area contributed by atoms with Gasteiger partial charge in [0.1, 0.15) is 0 Å². The number of hydrogen-bond acceptors (Lipinski definition) is 6. The average Bonchev–Trinajstić information content (AvgIpc) is 2.77. The van der Waals surface area contributed by atoms with Gasteiger partial charge in [-0.05, 0) is 81.5 Å². The number of aryl methyl sites for hydroxylation is 2. The van der Waals surface area contributed by atoms with Gasteiger partial charge in [-0.15, -0.1) is 0 Å². The number of fused-ring (bicyclic) bond motifs is 2. The summed E-state index contributed by atoms with van der Waals surface area (Å²) >= 11 is 0. The summed E-state index contributed by atoms with van der Waals surface area (Å²) < 4.78 is 28.3. The molecule has 1 amide bonds. The molecule has 1 aliphatic carbocycles. The normalized spacial score (nSPS) is 14.4. The number of anilines is 1. The summed E-state index contributed by atoms with van der Waals surface area (Å²) in [6, 6.07) is 11.2. The molecule has 1 aromatic heterocycles. The first-order valence-electron chi connectivity index (χ1n) is 10.7. The number of amides is 1. The Bertz CT molecular complexity index is 1350. The van der Waals surface area contributed by atoms with Crippen LogP contribution in [0.1, 0.15) is 46.9 Å². The van der Waals surface area contributed by atoms with Gasteiger partial charge in [-0.1, -0.05) is 11.6 Å². The summed E-state index contributed by atoms with van der Waals surface area (Å²) in [7, 11) is -3.83. The fraction of sp³-hybridized carbons (Fsp3) is 0.292. The van der Waals surface area contributed by atoms with Crippen LogP contribution in [0.15, 0.2) is 47.4 Å². The van der Waals surface area contributed by atoms with Crippen LogP contribution in [0.25, 0.3) is 10.9 Å². The number of hydrogen-bond donors (Lipinski definition) is 2. The van der Waals surface area contributed by atoms with Crippen molar-refractivity contribution in [3.05, 3.63) is 64.8 Å². The highest BCUT2D eigenvalue weighted by Crippen LogP contribution is 2.30. The summed E-state index contributed by atoms with van der Waals surface area (Å²) in [6.45, 7) is 3.44. The van der Waals surface area contributed by atoms with E-state index >= 15 is 0 Å². The summed E-state index contributed by atoms with van der Waals surface area (Å²) in [5, 5.41) is 8.44. The molecule has 0 aliphatic heterocycles. The maximum atomic E-state index is 13.3. The van der Waals surface area contributed by atoms with Crippen LogP contribution >= 0.6 is 0 Å². The van der Waals surface area contributed by atoms with E-state index in [-0.39, 0.29) is 4.90 Å². The number of pyridine rings is 1. The van der Waals surface area contributed by atoms with Gasteiger partial charge in [-0.25, -0.2) is 18.4 Å². The molecule has 0 saturated heterocycles. The number of esters is 1. The predicted molar refractivity (Wildman–Crippen MR) is 124 cm³/mol. The molecule has 2 aromatic carbocycles. The standard InChI is InChI=1S/C24H25N3O5S/c1-14-7-12-21-19(13-14)22(18-5-3-4-6-20(18)27-21)24(29)32-15(2)23(28)26-16-8-10-17(11-9-16)33(25,30)31/h7-13,15H,3-6H2,1-2H3,(H,26,28)(H2,25,30,31)/t15-/m0/s1. The number of nitrogens with one attached hydrogen (secondary N) is 1. The number of ether oxygens (including phenoxy) is 1. The van der Waals surface area contributed by atoms with Gasteiger partial charge in [0, 0.05) is 16.8 Å². The highest BCUT2D eigenvalue weighted by Gasteiger charge is 2.26. The summed E-state index contributed by atoms with van der Waals surface area (Å²) in [5.41, 5.74) is 4.39. The lowest BCUT2D eigenvalue weighted by Crippen LogP contribution is -2.30. The maximum absolute atomic E-state index is 13.3. The van der Waals surface area contributed by atoms with Crippen molar-refractivity contribution < 1.29 is 22.7 Å². The summed E-state index contributed by atoms with van der Waals surface area (Å²) in [6.07, 6.45) is 2.48. The van der Waals surface area contributed by atoms with Crippen LogP contribution in [-0.4, -0.2) is 31.4 Å². The van der Waals surface area contributed by atoms with Crippen molar-refractivity contribution >= 4 is 38.5 Å². The smallest absolute Gasteiger partial charge is 0.339 e. The number of benzene rings is 2. The molecule has 0 spiro atoms. The molecule has 1 aliphatic rings. The van der Waals surface area contributed by atoms with E-state index in [0.29, 0.717) is 11.3 Å². The quantitative estimate of drug-likeness (QED) is 0.554. The lowest BCUT2D eigenvalue weighted by Gasteiger charge is -2.21. The minimum atomic E-state index is -3.83. The van der Waals surface area contributed by atoms with Gasteiger partial charge in [-0.3, -0.25) is 9.78 Å². The average molecular weight is 468 g/mol. The van der Waals surface area contributed by atoms with E-state index in [0.717, 1.165) is 53.4 Å². The molecule has 1 heterocycles. The molecule has 0 fully saturated rings. The molecule has 9 heteroatoms. The maximum Gasteiger partial charge on any atom is 0.339 e. The van der Waals surface area contributed by atoms with E-state index in [2.05, 4.69) is 5.32 Å². The number of carbonyl (C=O) groups excluding carboxylic acids is 2. The van der Waals surface area contributed by atoms with Crippen LogP contribution in [0.4, 0.5) is 5.69 Å². The Morgan fingerprint density at radius 3 is 2.48 bits per heavy atom. The zero-order chi connectivity index (χ0) is 23.8. The van der Waals surface area contributed by atoms with Gasteiger partial charge < -0.3 is 10.1 Å². The third-order valence-electron chi connectivity index (χ3n) is 5.72. The summed E-state index contributed by atoms with van der Waals surface area (Å²) in [5.74, 6) is -1.09. The van der Waals surface area contributed by atoms with Crippen molar-refractivity contribution in [2.45, 2.75) is 50.5 Å². The van der Waals surface area contributed by atoms with E-state index in [9.17, 15) is 18.0 Å². The van der Waals surface area contributed by atoms with E-state index in [4.69, 9.17) is 14.9 Å². The SMILES string of the molecule is Cc1ccc2nc3c(c(C(=O)O[C@@H](C)C(=O)Nc4ccc(S(N)(=O)=O)cc4)c2c1)CCCC3. The molecule has 172 valence electrons. The first kappa shape index (κ1) is 22.9. The van der Waals surface area contributed by atoms with Crippen molar-refractivity contribution in [2.24, 2.45) is 5.14 Å². The Labute approximate surface area is 192 Å². The third kappa shape index (κ3) is 4.89. The van der Waals surface area contributed by atoms with E-state index in [1.165, 1.54) is 31.2 Å². The fourth-order valence-corrected chi connectivity index (χ4v) is 4.53. The molecule has 8 nitrogen and oxygen atoms in total. The zero-order valence-corrected chi connectivity index (χ0v) is 19.2. The molecule has 0 unspecified atom stereocenters. The highest BCUT2D eigenvalue weighted by molar-refractivity contribution is 7.89. The fourth-order valence-electron chi connectivity index (χ4n) is 4.02. The van der Waals surface area contributed by atoms with Gasteiger partial charge >= 0.3 is 5.97 Å². The van der Waals surface area contributed by atoms with Crippen LogP contribution in [0.5, 0.6) is 0 Å². The molecule has 3 N–H and O–H groups in total. The number of nitrogens with two attached hydrogens (primary N) is 1. The molecule has 0 radical (unpaired) electrons. The molecular weight excluding hydrogens is 442 g/mol. The van der Waals surface area contributed by atoms with Gasteiger partial charge in [-0.2, -0.15) is 0 Å². The van der Waals surface area contributed by atoms with Crippen molar-refractivity contribution in [2.75, 3.05) is 5.32 Å². The highest BCUT2D eigenvalue weighted by atomic mass is 32.2. The van der Waals surface area contributed by atoms with Crippen LogP contribution in [0.3, 0.4) is 0 Å². The van der Waals surface area contributed by atoms with Gasteiger partial charge in [0.2, 0.25) is 10.0 Å². The van der Waals surface area contributed by atoms with Crippen molar-refractivity contribution in [1.82, 2.24) is 4.98 Å². The second-order valence-electron chi connectivity index (χ2n) is 8.25. The minimum Gasteiger partial charge on any atom is -0.449 e. The van der Waals surface area contributed by atoms with Gasteiger partial charge in [0.05, 0.1) is 16.0 Å². The Hall–Kier alpha value is -3.30. The Balaban J connectivity index is 1.56. The number of primary sulfonamides is 1. The van der Waals surface area contributed by atoms with Crippen molar-refractivity contribution in [3.63, 3.8) is 0 Å². The zero-order valence-electron chi connectivity index (χ0n) is 18.4. The lowest BCUT2D eigenvalue weighted by molar-refractivity contribution is -0.123. The van der Waals surface area contributed by atoms with E-state index in [1.807, 2.05) is 25.1 Å². The van der Waals surface area contributed by atoms with Crippen LogP contribution in [-0.2, 0) is 32.4 Å². The van der Waals surface area contributed by atoms with Crippen molar-refractivity contribution in [1.29, 1.82) is 0 Å². The molecule has 33 heavy (non-hydrogen) atoms. The Morgan fingerprint density at radius 2 is 1.79 bits per heavy atom. The van der Waals surface area contributed by atoms with Gasteiger partial charge in [0.25, 0.3) is 5.91 Å². The molecule has 0 bridgehead atoms. The molecular formula is C24H25N3O5S. The molecule has 3 aromatic rings. The van der Waals surface area contributed by atoms with Crippen LogP contribution in [0, 0.1) is 6.92 Å². The minimum absolute atomic E-state index is 0.0652. The Kier molecular flexibility index (Phi) is 6.18. The first-order valence-corrected chi connectivity index (χ1v) is 12.2. The number of sulfonamides is 1. The van der Waals surface area contributed by atoms with Crippen molar-refractivity contribution in [3.8, 4) is 0 Å². The second-order valence-corrected chi connectivity index (χ2v) is 9.81. The number of aromatic nitrogens is 1.